The number of anilines is 4. The van der Waals surface area contributed by atoms with Gasteiger partial charge in [0.1, 0.15) is 5.82 Å². The van der Waals surface area contributed by atoms with E-state index in [1.807, 2.05) is 30.3 Å². The molecule has 0 radical (unpaired) electrons. The van der Waals surface area contributed by atoms with Gasteiger partial charge in [-0.15, -0.1) is 0 Å². The van der Waals surface area contributed by atoms with Gasteiger partial charge in [-0.25, -0.2) is 9.78 Å². The summed E-state index contributed by atoms with van der Waals surface area (Å²) in [7, 11) is 1.35. The van der Waals surface area contributed by atoms with E-state index >= 15 is 0 Å². The molecule has 0 spiro atoms. The van der Waals surface area contributed by atoms with Crippen LogP contribution in [0.2, 0.25) is 0 Å². The fourth-order valence-electron chi connectivity index (χ4n) is 2.16. The highest BCUT2D eigenvalue weighted by Crippen LogP contribution is 2.25. The molecule has 1 heterocycles. The molecule has 0 unspecified atom stereocenters. The third-order valence-corrected chi connectivity index (χ3v) is 4.02. The fraction of sp³-hybridized carbons (Fsp3) is 0.0556. The first-order valence-electron chi connectivity index (χ1n) is 7.46. The Balaban J connectivity index is 1.78. The summed E-state index contributed by atoms with van der Waals surface area (Å²) >= 11 is 3.49. The molecule has 2 aromatic carbocycles. The summed E-state index contributed by atoms with van der Waals surface area (Å²) in [6.45, 7) is 0. The molecule has 126 valence electrons. The molecule has 6 nitrogen and oxygen atoms in total. The second-order valence-electron chi connectivity index (χ2n) is 5.07. The first-order chi connectivity index (χ1) is 12.2. The van der Waals surface area contributed by atoms with E-state index in [4.69, 9.17) is 4.74 Å². The second kappa shape index (κ2) is 7.76. The molecule has 0 fully saturated rings. The lowest BCUT2D eigenvalue weighted by Gasteiger charge is -2.10. The Morgan fingerprint density at radius 3 is 2.72 bits per heavy atom. The number of esters is 1. The number of hydrogen-bond donors (Lipinski definition) is 2. The minimum Gasteiger partial charge on any atom is -0.465 e. The molecule has 0 amide bonds. The van der Waals surface area contributed by atoms with Crippen molar-refractivity contribution < 1.29 is 9.53 Å². The molecule has 3 rings (SSSR count). The lowest BCUT2D eigenvalue weighted by molar-refractivity contribution is 0.0601. The van der Waals surface area contributed by atoms with Crippen LogP contribution in [-0.2, 0) is 4.74 Å². The predicted molar refractivity (Wildman–Crippen MR) is 101 cm³/mol. The molecule has 0 aliphatic rings. The number of rotatable bonds is 5. The third kappa shape index (κ3) is 4.33. The van der Waals surface area contributed by atoms with Crippen molar-refractivity contribution in [2.24, 2.45) is 0 Å². The van der Waals surface area contributed by atoms with Crippen molar-refractivity contribution in [3.8, 4) is 0 Å². The molecule has 0 saturated carbocycles. The summed E-state index contributed by atoms with van der Waals surface area (Å²) < 4.78 is 5.66. The molecule has 25 heavy (non-hydrogen) atoms. The van der Waals surface area contributed by atoms with Crippen LogP contribution in [-0.4, -0.2) is 23.0 Å². The molecule has 0 bridgehead atoms. The third-order valence-electron chi connectivity index (χ3n) is 3.33. The molecule has 2 N–H and O–H groups in total. The summed E-state index contributed by atoms with van der Waals surface area (Å²) in [5.41, 5.74) is 2.05. The van der Waals surface area contributed by atoms with E-state index < -0.39 is 5.97 Å². The average molecular weight is 399 g/mol. The number of nitrogens with zero attached hydrogens (tertiary/aromatic N) is 2. The molecular weight excluding hydrogens is 384 g/mol. The van der Waals surface area contributed by atoms with Crippen LogP contribution < -0.4 is 10.6 Å². The Bertz CT molecular complexity index is 902. The number of para-hydroxylation sites is 1. The van der Waals surface area contributed by atoms with Gasteiger partial charge >= 0.3 is 5.97 Å². The number of benzene rings is 2. The molecule has 3 aromatic rings. The first-order valence-corrected chi connectivity index (χ1v) is 8.25. The van der Waals surface area contributed by atoms with E-state index in [2.05, 4.69) is 36.5 Å². The van der Waals surface area contributed by atoms with Crippen molar-refractivity contribution in [2.45, 2.75) is 0 Å². The van der Waals surface area contributed by atoms with Gasteiger partial charge in [0, 0.05) is 16.4 Å². The zero-order valence-corrected chi connectivity index (χ0v) is 14.9. The van der Waals surface area contributed by atoms with Crippen molar-refractivity contribution in [3.63, 3.8) is 0 Å². The van der Waals surface area contributed by atoms with Gasteiger partial charge in [-0.3, -0.25) is 0 Å². The maximum atomic E-state index is 11.6. The van der Waals surface area contributed by atoms with Crippen molar-refractivity contribution in [1.29, 1.82) is 0 Å². The summed E-state index contributed by atoms with van der Waals surface area (Å²) in [5.74, 6) is 0.668. The summed E-state index contributed by atoms with van der Waals surface area (Å²) in [6.07, 6.45) is 1.65. The highest BCUT2D eigenvalue weighted by molar-refractivity contribution is 9.10. The van der Waals surface area contributed by atoms with Crippen LogP contribution in [0.25, 0.3) is 0 Å². The van der Waals surface area contributed by atoms with Crippen molar-refractivity contribution in [2.75, 3.05) is 17.7 Å². The Labute approximate surface area is 153 Å². The van der Waals surface area contributed by atoms with Gasteiger partial charge < -0.3 is 15.4 Å². The van der Waals surface area contributed by atoms with Crippen LogP contribution in [0, 0.1) is 0 Å². The standard InChI is InChI=1S/C18H15BrN4O2/c1-25-17(24)12-5-4-6-13(11-12)21-18-20-10-9-16(23-18)22-15-8-3-2-7-14(15)19/h2-11H,1H3,(H2,20,21,22,23). The number of aromatic nitrogens is 2. The van der Waals surface area contributed by atoms with Crippen molar-refractivity contribution in [1.82, 2.24) is 9.97 Å². The largest absolute Gasteiger partial charge is 0.465 e. The van der Waals surface area contributed by atoms with Gasteiger partial charge in [0.25, 0.3) is 0 Å². The van der Waals surface area contributed by atoms with Gasteiger partial charge in [0.05, 0.1) is 18.4 Å². The molecule has 0 aliphatic carbocycles. The van der Waals surface area contributed by atoms with Crippen LogP contribution in [0.3, 0.4) is 0 Å². The minimum atomic E-state index is -0.395. The lowest BCUT2D eigenvalue weighted by Crippen LogP contribution is -2.03. The Morgan fingerprint density at radius 1 is 1.08 bits per heavy atom. The number of carbonyl (C=O) groups excluding carboxylic acids is 1. The topological polar surface area (TPSA) is 76.1 Å². The zero-order chi connectivity index (χ0) is 17.6. The predicted octanol–water partition coefficient (Wildman–Crippen LogP) is 4.51. The van der Waals surface area contributed by atoms with E-state index in [0.29, 0.717) is 23.0 Å². The van der Waals surface area contributed by atoms with E-state index in [-0.39, 0.29) is 0 Å². The van der Waals surface area contributed by atoms with Crippen LogP contribution in [0.15, 0.2) is 65.3 Å². The highest BCUT2D eigenvalue weighted by atomic mass is 79.9. The first kappa shape index (κ1) is 16.9. The maximum Gasteiger partial charge on any atom is 0.337 e. The highest BCUT2D eigenvalue weighted by Gasteiger charge is 2.07. The maximum absolute atomic E-state index is 11.6. The number of carbonyl (C=O) groups is 1. The van der Waals surface area contributed by atoms with Crippen molar-refractivity contribution >= 4 is 45.0 Å². The Kier molecular flexibility index (Phi) is 5.25. The van der Waals surface area contributed by atoms with Gasteiger partial charge in [-0.1, -0.05) is 18.2 Å². The van der Waals surface area contributed by atoms with Crippen LogP contribution >= 0.6 is 15.9 Å². The molecule has 0 aliphatic heterocycles. The Morgan fingerprint density at radius 2 is 1.92 bits per heavy atom. The number of ether oxygens (including phenoxy) is 1. The van der Waals surface area contributed by atoms with E-state index in [9.17, 15) is 4.79 Å². The number of hydrogen-bond acceptors (Lipinski definition) is 6. The molecular formula is C18H15BrN4O2. The monoisotopic (exact) mass is 398 g/mol. The van der Waals surface area contributed by atoms with Crippen molar-refractivity contribution in [3.05, 3.63) is 70.8 Å². The molecule has 7 heteroatoms. The smallest absolute Gasteiger partial charge is 0.337 e. The molecule has 0 atom stereocenters. The summed E-state index contributed by atoms with van der Waals surface area (Å²) in [6, 6.07) is 16.5. The van der Waals surface area contributed by atoms with E-state index in [0.717, 1.165) is 10.2 Å². The summed E-state index contributed by atoms with van der Waals surface area (Å²) in [5, 5.41) is 6.31. The average Bonchev–Trinajstić information content (AvgIpc) is 2.63. The van der Waals surface area contributed by atoms with E-state index in [1.54, 1.807) is 30.5 Å². The zero-order valence-electron chi connectivity index (χ0n) is 13.4. The van der Waals surface area contributed by atoms with Gasteiger partial charge in [-0.2, -0.15) is 4.98 Å². The number of nitrogens with one attached hydrogen (secondary N) is 2. The second-order valence-corrected chi connectivity index (χ2v) is 5.92. The van der Waals surface area contributed by atoms with E-state index in [1.165, 1.54) is 7.11 Å². The van der Waals surface area contributed by atoms with Crippen LogP contribution in [0.4, 0.5) is 23.1 Å². The van der Waals surface area contributed by atoms with Crippen LogP contribution in [0.1, 0.15) is 10.4 Å². The number of methoxy groups -OCH3 is 1. The number of halogens is 1. The van der Waals surface area contributed by atoms with Crippen LogP contribution in [0.5, 0.6) is 0 Å². The quantitative estimate of drug-likeness (QED) is 0.615. The normalized spacial score (nSPS) is 10.2. The van der Waals surface area contributed by atoms with Gasteiger partial charge in [-0.05, 0) is 52.3 Å². The fourth-order valence-corrected chi connectivity index (χ4v) is 2.54. The SMILES string of the molecule is COC(=O)c1cccc(Nc2nccc(Nc3ccccc3Br)n2)c1. The Hall–Kier alpha value is -2.93. The van der Waals surface area contributed by atoms with Gasteiger partial charge in [0.15, 0.2) is 0 Å². The lowest BCUT2D eigenvalue weighted by atomic mass is 10.2. The molecule has 1 aromatic heterocycles. The minimum absolute atomic E-state index is 0.395. The summed E-state index contributed by atoms with van der Waals surface area (Å²) in [4.78, 5) is 20.2. The molecule has 0 saturated heterocycles. The van der Waals surface area contributed by atoms with Gasteiger partial charge in [0.2, 0.25) is 5.95 Å².